The summed E-state index contributed by atoms with van der Waals surface area (Å²) in [7, 11) is 6.11. The van der Waals surface area contributed by atoms with Gasteiger partial charge in [-0.25, -0.2) is 0 Å². The van der Waals surface area contributed by atoms with Crippen LogP contribution in [0.5, 0.6) is 0 Å². The Kier molecular flexibility index (Phi) is 49.9. The van der Waals surface area contributed by atoms with E-state index < -0.39 is 14.2 Å². The van der Waals surface area contributed by atoms with E-state index in [0.717, 1.165) is 55.8 Å². The molecule has 10 heteroatoms. The van der Waals surface area contributed by atoms with Crippen molar-refractivity contribution in [1.82, 2.24) is 0 Å². The van der Waals surface area contributed by atoms with Crippen LogP contribution in [0.25, 0.3) is 0 Å². The fourth-order valence-electron chi connectivity index (χ4n) is 7.52. The van der Waals surface area contributed by atoms with Gasteiger partial charge in [0.2, 0.25) is 0 Å². The molecule has 6 nitrogen and oxygen atoms in total. The third-order valence-corrected chi connectivity index (χ3v) is 51.7. The average Bonchev–Trinajstić information content (AvgIpc) is 3.25. The van der Waals surface area contributed by atoms with E-state index in [2.05, 4.69) is 27.7 Å². The molecule has 0 N–H and O–H groups in total. The molecule has 0 atom stereocenters. The van der Waals surface area contributed by atoms with Crippen LogP contribution < -0.4 is 0 Å². The molecule has 0 amide bonds. The summed E-state index contributed by atoms with van der Waals surface area (Å²) in [4.78, 5) is 38.7. The minimum atomic E-state index is -3.12. The molecule has 0 unspecified atom stereocenters. The van der Waals surface area contributed by atoms with Crippen LogP contribution in [0, 0.1) is 0 Å². The molecule has 0 aliphatic rings. The normalized spacial score (nSPS) is 11.6. The molecule has 61 heavy (non-hydrogen) atoms. The molecule has 0 rings (SSSR count). The standard InChI is InChI=1S/3C13H26O2S.C12H25.Sn/c3*1-2-3-4-5-6-7-8-9-11-15-13(14)10-12-16;1-3-5-7-9-11-12-10-8-6-4-2;/h3*16H,2-12H2,1H3;1,3-12H2,2H3;/q;;;;+3/p-3. The number of esters is 3. The van der Waals surface area contributed by atoms with E-state index in [-0.39, 0.29) is 17.9 Å². The maximum absolute atomic E-state index is 12.9. The molecule has 0 saturated carbocycles. The van der Waals surface area contributed by atoms with Gasteiger partial charge in [-0.3, -0.25) is 0 Å². The first-order chi connectivity index (χ1) is 29.9. The Morgan fingerprint density at radius 1 is 0.311 bits per heavy atom. The summed E-state index contributed by atoms with van der Waals surface area (Å²) in [5, 5.41) is 0. The molecule has 0 aromatic heterocycles. The molecule has 0 aliphatic carbocycles. The van der Waals surface area contributed by atoms with Crippen LogP contribution in [-0.2, 0) is 28.6 Å². The Bertz CT molecular complexity index is 859. The molecule has 0 fully saturated rings. The van der Waals surface area contributed by atoms with Crippen molar-refractivity contribution < 1.29 is 28.6 Å². The van der Waals surface area contributed by atoms with Gasteiger partial charge in [0.1, 0.15) is 0 Å². The van der Waals surface area contributed by atoms with Gasteiger partial charge in [-0.2, -0.15) is 0 Å². The van der Waals surface area contributed by atoms with Crippen molar-refractivity contribution in [1.29, 1.82) is 0 Å². The van der Waals surface area contributed by atoms with Gasteiger partial charge in [-0.1, -0.05) is 59.3 Å². The van der Waals surface area contributed by atoms with Gasteiger partial charge in [0.25, 0.3) is 0 Å². The van der Waals surface area contributed by atoms with E-state index in [0.29, 0.717) is 39.1 Å². The zero-order chi connectivity index (χ0) is 44.6. The molecule has 0 heterocycles. The predicted octanol–water partition coefficient (Wildman–Crippen LogP) is 17.3. The molecular weight excluding hydrogens is 923 g/mol. The van der Waals surface area contributed by atoms with E-state index in [1.165, 1.54) is 184 Å². The van der Waals surface area contributed by atoms with Gasteiger partial charge in [0.05, 0.1) is 0 Å². The smallest absolute Gasteiger partial charge is 0.0654 e. The van der Waals surface area contributed by atoms with E-state index in [1.807, 2.05) is 26.8 Å². The first-order valence-corrected chi connectivity index (χ1v) is 41.8. The summed E-state index contributed by atoms with van der Waals surface area (Å²) in [5.74, 6) is 2.03. The van der Waals surface area contributed by atoms with Crippen molar-refractivity contribution >= 4 is 59.0 Å². The third-order valence-electron chi connectivity index (χ3n) is 11.5. The van der Waals surface area contributed by atoms with Gasteiger partial charge in [0, 0.05) is 0 Å². The fourth-order valence-corrected chi connectivity index (χ4v) is 46.4. The molecule has 0 spiro atoms. The van der Waals surface area contributed by atoms with Gasteiger partial charge in [-0.05, 0) is 0 Å². The first-order valence-electron chi connectivity index (χ1n) is 26.3. The van der Waals surface area contributed by atoms with Crippen LogP contribution in [0.1, 0.15) is 265 Å². The minimum absolute atomic E-state index is 0.0846. The maximum atomic E-state index is 12.9. The van der Waals surface area contributed by atoms with Crippen molar-refractivity contribution in [2.75, 3.05) is 37.1 Å². The second kappa shape index (κ2) is 49.7. The van der Waals surface area contributed by atoms with Crippen LogP contribution in [-0.4, -0.2) is 69.2 Å². The number of hydrogen-bond donors (Lipinski definition) is 0. The molecule has 362 valence electrons. The Hall–Kier alpha value is 0.259. The van der Waals surface area contributed by atoms with Crippen molar-refractivity contribution in [3.05, 3.63) is 0 Å². The molecule has 0 aliphatic heterocycles. The average molecular weight is 1020 g/mol. The van der Waals surface area contributed by atoms with E-state index in [1.54, 1.807) is 0 Å². The van der Waals surface area contributed by atoms with Crippen LogP contribution in [0.4, 0.5) is 0 Å². The Morgan fingerprint density at radius 2 is 0.525 bits per heavy atom. The predicted molar refractivity (Wildman–Crippen MR) is 274 cm³/mol. The molecule has 0 radical (unpaired) electrons. The number of carbonyl (C=O) groups excluding carboxylic acids is 3. The molecule has 0 aromatic carbocycles. The summed E-state index contributed by atoms with van der Waals surface area (Å²) in [6, 6.07) is 0. The van der Waals surface area contributed by atoms with Crippen LogP contribution in [0.2, 0.25) is 4.44 Å². The summed E-state index contributed by atoms with van der Waals surface area (Å²) in [5.41, 5.74) is 0. The molecule has 0 aromatic rings. The summed E-state index contributed by atoms with van der Waals surface area (Å²) < 4.78 is 18.3. The Morgan fingerprint density at radius 3 is 0.770 bits per heavy atom. The number of rotatable bonds is 50. The second-order valence-corrected chi connectivity index (χ2v) is 51.6. The zero-order valence-electron chi connectivity index (χ0n) is 40.8. The molecular formula is C51H100O6S3Sn. The van der Waals surface area contributed by atoms with Gasteiger partial charge in [0.15, 0.2) is 0 Å². The van der Waals surface area contributed by atoms with Crippen LogP contribution in [0.15, 0.2) is 0 Å². The Labute approximate surface area is 391 Å². The number of carbonyl (C=O) groups is 3. The summed E-state index contributed by atoms with van der Waals surface area (Å²) >= 11 is -3.12. The number of hydrogen-bond acceptors (Lipinski definition) is 9. The van der Waals surface area contributed by atoms with Gasteiger partial charge < -0.3 is 0 Å². The van der Waals surface area contributed by atoms with E-state index in [9.17, 15) is 14.4 Å². The van der Waals surface area contributed by atoms with Crippen LogP contribution in [0.3, 0.4) is 0 Å². The topological polar surface area (TPSA) is 78.9 Å². The van der Waals surface area contributed by atoms with Crippen molar-refractivity contribution in [2.24, 2.45) is 0 Å². The quantitative estimate of drug-likeness (QED) is 0.0256. The zero-order valence-corrected chi connectivity index (χ0v) is 46.1. The van der Waals surface area contributed by atoms with Crippen LogP contribution >= 0.6 is 26.8 Å². The molecule has 0 saturated heterocycles. The summed E-state index contributed by atoms with van der Waals surface area (Å²) in [6.45, 7) is 10.6. The monoisotopic (exact) mass is 1020 g/mol. The fraction of sp³-hybridized carbons (Fsp3) is 0.941. The third kappa shape index (κ3) is 45.2. The van der Waals surface area contributed by atoms with Crippen molar-refractivity contribution in [2.45, 2.75) is 270 Å². The van der Waals surface area contributed by atoms with E-state index in [4.69, 9.17) is 14.2 Å². The summed E-state index contributed by atoms with van der Waals surface area (Å²) in [6.07, 6.45) is 43.9. The van der Waals surface area contributed by atoms with Crippen molar-refractivity contribution in [3.8, 4) is 0 Å². The number of unbranched alkanes of at least 4 members (excludes halogenated alkanes) is 30. The Balaban J connectivity index is 5.25. The van der Waals surface area contributed by atoms with E-state index >= 15 is 0 Å². The minimum Gasteiger partial charge on any atom is -0.0654 e. The SMILES string of the molecule is CCCCCCCCCCC[CH2][Sn]([S]CCC(=O)OCCCCCCCCCC)([S]CCC(=O)OCCCCCCCCCC)[S]CCC(=O)OCCCCCCCCCC. The van der Waals surface area contributed by atoms with Crippen molar-refractivity contribution in [3.63, 3.8) is 0 Å². The van der Waals surface area contributed by atoms with Gasteiger partial charge in [-0.15, -0.1) is 0 Å². The first kappa shape index (κ1) is 61.3. The number of ether oxygens (including phenoxy) is 3. The molecule has 0 bridgehead atoms. The van der Waals surface area contributed by atoms with Gasteiger partial charge >= 0.3 is 335 Å². The second-order valence-electron chi connectivity index (χ2n) is 17.5.